The Labute approximate surface area is 67.9 Å². The Bertz CT molecular complexity index is 74.0. The zero-order valence-electron chi connectivity index (χ0n) is 6.68. The fourth-order valence-corrected chi connectivity index (χ4v) is 0.883. The van der Waals surface area contributed by atoms with Crippen molar-refractivity contribution >= 4 is 11.8 Å². The van der Waals surface area contributed by atoms with Crippen LogP contribution < -0.4 is 0 Å². The fraction of sp³-hybridized carbons (Fsp3) is 1.00. The van der Waals surface area contributed by atoms with Crippen molar-refractivity contribution in [3.8, 4) is 0 Å². The summed E-state index contributed by atoms with van der Waals surface area (Å²) >= 11 is 5.59. The molecule has 0 bridgehead atoms. The van der Waals surface area contributed by atoms with Crippen LogP contribution in [0, 0.1) is 5.92 Å². The molecular formula is C7H16ClNO. The summed E-state index contributed by atoms with van der Waals surface area (Å²) in [6, 6.07) is 0. The van der Waals surface area contributed by atoms with Crippen molar-refractivity contribution in [1.82, 2.24) is 4.42 Å². The minimum Gasteiger partial charge on any atom is -0.396 e. The van der Waals surface area contributed by atoms with Crippen LogP contribution in [0.5, 0.6) is 0 Å². The Morgan fingerprint density at radius 3 is 2.50 bits per heavy atom. The third kappa shape index (κ3) is 5.03. The molecule has 1 atom stereocenters. The van der Waals surface area contributed by atoms with Gasteiger partial charge >= 0.3 is 0 Å². The van der Waals surface area contributed by atoms with Crippen LogP contribution >= 0.6 is 11.8 Å². The molecular weight excluding hydrogens is 150 g/mol. The van der Waals surface area contributed by atoms with Crippen LogP contribution in [-0.2, 0) is 0 Å². The first kappa shape index (κ1) is 10.2. The van der Waals surface area contributed by atoms with E-state index in [1.807, 2.05) is 7.05 Å². The summed E-state index contributed by atoms with van der Waals surface area (Å²) in [5.74, 6) is 0.418. The van der Waals surface area contributed by atoms with Gasteiger partial charge < -0.3 is 5.11 Å². The van der Waals surface area contributed by atoms with E-state index in [-0.39, 0.29) is 6.61 Å². The maximum atomic E-state index is 8.78. The quantitative estimate of drug-likeness (QED) is 0.624. The van der Waals surface area contributed by atoms with Gasteiger partial charge in [0.25, 0.3) is 0 Å². The highest BCUT2D eigenvalue weighted by Crippen LogP contribution is 2.07. The largest absolute Gasteiger partial charge is 0.396 e. The van der Waals surface area contributed by atoms with Gasteiger partial charge in [0.1, 0.15) is 0 Å². The zero-order valence-corrected chi connectivity index (χ0v) is 7.43. The Morgan fingerprint density at radius 2 is 2.20 bits per heavy atom. The Kier molecular flexibility index (Phi) is 6.08. The molecule has 0 saturated carbocycles. The predicted molar refractivity (Wildman–Crippen MR) is 44.0 cm³/mol. The molecule has 0 aliphatic heterocycles. The number of aliphatic hydroxyl groups is 1. The van der Waals surface area contributed by atoms with E-state index >= 15 is 0 Å². The van der Waals surface area contributed by atoms with Gasteiger partial charge in [-0.1, -0.05) is 13.3 Å². The molecule has 0 fully saturated rings. The molecule has 62 valence electrons. The topological polar surface area (TPSA) is 23.5 Å². The molecule has 3 heteroatoms. The van der Waals surface area contributed by atoms with Crippen molar-refractivity contribution in [2.24, 2.45) is 5.92 Å². The van der Waals surface area contributed by atoms with Gasteiger partial charge in [-0.3, -0.25) is 0 Å². The normalized spacial score (nSPS) is 14.1. The van der Waals surface area contributed by atoms with Gasteiger partial charge in [-0.2, -0.15) is 0 Å². The fourth-order valence-electron chi connectivity index (χ4n) is 0.785. The smallest absolute Gasteiger partial charge is 0.0459 e. The van der Waals surface area contributed by atoms with Crippen LogP contribution in [-0.4, -0.2) is 29.7 Å². The van der Waals surface area contributed by atoms with Crippen LogP contribution in [0.1, 0.15) is 19.8 Å². The molecule has 0 heterocycles. The molecule has 1 N–H and O–H groups in total. The standard InChI is InChI=1S/C7H16ClNO/c1-3-7(6-10)4-5-9(2)8/h7,10H,3-6H2,1-2H3. The number of hydrogen-bond donors (Lipinski definition) is 1. The Morgan fingerprint density at radius 1 is 1.60 bits per heavy atom. The van der Waals surface area contributed by atoms with E-state index < -0.39 is 0 Å². The van der Waals surface area contributed by atoms with Crippen molar-refractivity contribution in [3.05, 3.63) is 0 Å². The highest BCUT2D eigenvalue weighted by Gasteiger charge is 2.04. The number of rotatable bonds is 5. The molecule has 0 aromatic rings. The molecule has 0 saturated heterocycles. The van der Waals surface area contributed by atoms with Gasteiger partial charge in [-0.05, 0) is 24.1 Å². The van der Waals surface area contributed by atoms with Gasteiger partial charge in [0, 0.05) is 20.2 Å². The van der Waals surface area contributed by atoms with Crippen LogP contribution in [0.25, 0.3) is 0 Å². The van der Waals surface area contributed by atoms with Crippen molar-refractivity contribution in [1.29, 1.82) is 0 Å². The first-order valence-electron chi connectivity index (χ1n) is 3.68. The molecule has 10 heavy (non-hydrogen) atoms. The molecule has 0 spiro atoms. The van der Waals surface area contributed by atoms with Crippen LogP contribution in [0.2, 0.25) is 0 Å². The molecule has 0 aromatic carbocycles. The number of aliphatic hydroxyl groups excluding tert-OH is 1. The lowest BCUT2D eigenvalue weighted by molar-refractivity contribution is 0.209. The number of halogens is 1. The van der Waals surface area contributed by atoms with Crippen molar-refractivity contribution in [2.45, 2.75) is 19.8 Å². The monoisotopic (exact) mass is 165 g/mol. The maximum Gasteiger partial charge on any atom is 0.0459 e. The van der Waals surface area contributed by atoms with Gasteiger partial charge in [0.15, 0.2) is 0 Å². The van der Waals surface area contributed by atoms with Crippen molar-refractivity contribution in [2.75, 3.05) is 20.2 Å². The molecule has 2 nitrogen and oxygen atoms in total. The van der Waals surface area contributed by atoms with Gasteiger partial charge in [-0.25, -0.2) is 4.42 Å². The first-order chi connectivity index (χ1) is 4.70. The van der Waals surface area contributed by atoms with E-state index in [9.17, 15) is 0 Å². The highest BCUT2D eigenvalue weighted by atomic mass is 35.5. The SMILES string of the molecule is CCC(CO)CCN(C)Cl. The highest BCUT2D eigenvalue weighted by molar-refractivity contribution is 6.13. The maximum absolute atomic E-state index is 8.78. The third-order valence-electron chi connectivity index (χ3n) is 1.68. The van der Waals surface area contributed by atoms with Crippen LogP contribution in [0.4, 0.5) is 0 Å². The average molecular weight is 166 g/mol. The molecule has 0 rings (SSSR count). The predicted octanol–water partition coefficient (Wildman–Crippen LogP) is 1.48. The Balaban J connectivity index is 3.26. The lowest BCUT2D eigenvalue weighted by Crippen LogP contribution is -2.14. The summed E-state index contributed by atoms with van der Waals surface area (Å²) in [6.07, 6.45) is 2.01. The third-order valence-corrected chi connectivity index (χ3v) is 1.85. The molecule has 0 aromatic heterocycles. The van der Waals surface area contributed by atoms with E-state index in [0.29, 0.717) is 5.92 Å². The minimum atomic E-state index is 0.279. The summed E-state index contributed by atoms with van der Waals surface area (Å²) in [6.45, 7) is 3.21. The minimum absolute atomic E-state index is 0.279. The van der Waals surface area contributed by atoms with Crippen LogP contribution in [0.15, 0.2) is 0 Å². The van der Waals surface area contributed by atoms with Gasteiger partial charge in [0.05, 0.1) is 0 Å². The first-order valence-corrected chi connectivity index (χ1v) is 4.02. The summed E-state index contributed by atoms with van der Waals surface area (Å²) in [7, 11) is 1.83. The molecule has 0 aliphatic rings. The molecule has 0 amide bonds. The van der Waals surface area contributed by atoms with Crippen molar-refractivity contribution in [3.63, 3.8) is 0 Å². The summed E-state index contributed by atoms with van der Waals surface area (Å²) in [5, 5.41) is 8.78. The van der Waals surface area contributed by atoms with Gasteiger partial charge in [-0.15, -0.1) is 0 Å². The molecule has 0 aliphatic carbocycles. The van der Waals surface area contributed by atoms with Crippen LogP contribution in [0.3, 0.4) is 0 Å². The molecule has 0 radical (unpaired) electrons. The number of hydrogen-bond acceptors (Lipinski definition) is 2. The second kappa shape index (κ2) is 5.96. The summed E-state index contributed by atoms with van der Waals surface area (Å²) in [5.41, 5.74) is 0. The van der Waals surface area contributed by atoms with E-state index in [4.69, 9.17) is 16.9 Å². The van der Waals surface area contributed by atoms with E-state index in [2.05, 4.69) is 6.92 Å². The van der Waals surface area contributed by atoms with E-state index in [1.54, 1.807) is 4.42 Å². The second-order valence-electron chi connectivity index (χ2n) is 2.57. The second-order valence-corrected chi connectivity index (χ2v) is 3.15. The van der Waals surface area contributed by atoms with Gasteiger partial charge in [0.2, 0.25) is 0 Å². The lowest BCUT2D eigenvalue weighted by Gasteiger charge is -2.12. The summed E-state index contributed by atoms with van der Waals surface area (Å²) < 4.78 is 1.62. The zero-order chi connectivity index (χ0) is 7.98. The van der Waals surface area contributed by atoms with Crippen molar-refractivity contribution < 1.29 is 5.11 Å². The Hall–Kier alpha value is 0.210. The molecule has 1 unspecified atom stereocenters. The summed E-state index contributed by atoms with van der Waals surface area (Å²) in [4.78, 5) is 0. The average Bonchev–Trinajstić information content (AvgIpc) is 1.90. The van der Waals surface area contributed by atoms with E-state index in [0.717, 1.165) is 19.4 Å². The number of nitrogens with zero attached hydrogens (tertiary/aromatic N) is 1. The lowest BCUT2D eigenvalue weighted by atomic mass is 10.0. The van der Waals surface area contributed by atoms with E-state index in [1.165, 1.54) is 0 Å².